The maximum Gasteiger partial charge on any atom is 0.191 e. The zero-order chi connectivity index (χ0) is 12.1. The summed E-state index contributed by atoms with van der Waals surface area (Å²) in [4.78, 5) is 4.62. The van der Waals surface area contributed by atoms with Gasteiger partial charge in [-0.2, -0.15) is 0 Å². The maximum atomic E-state index is 4.62. The zero-order valence-corrected chi connectivity index (χ0v) is 10.7. The molecule has 3 nitrogen and oxygen atoms in total. The molecule has 92 valence electrons. The van der Waals surface area contributed by atoms with Crippen LogP contribution in [0.3, 0.4) is 0 Å². The first-order valence-electron chi connectivity index (χ1n) is 6.39. The smallest absolute Gasteiger partial charge is 0.191 e. The van der Waals surface area contributed by atoms with Crippen molar-refractivity contribution in [1.82, 2.24) is 10.6 Å². The van der Waals surface area contributed by atoms with Crippen LogP contribution in [0.5, 0.6) is 0 Å². The minimum absolute atomic E-state index is 0.643. The summed E-state index contributed by atoms with van der Waals surface area (Å²) in [5.41, 5.74) is 2.60. The molecule has 1 aliphatic carbocycles. The van der Waals surface area contributed by atoms with Crippen molar-refractivity contribution >= 4 is 5.96 Å². The van der Waals surface area contributed by atoms with Crippen molar-refractivity contribution in [3.05, 3.63) is 35.4 Å². The predicted octanol–water partition coefficient (Wildman–Crippen LogP) is 2.21. The molecule has 1 aromatic rings. The molecule has 1 aliphatic rings. The van der Waals surface area contributed by atoms with Gasteiger partial charge in [-0.3, -0.25) is 0 Å². The first kappa shape index (κ1) is 12.0. The lowest BCUT2D eigenvalue weighted by atomic mass is 10.1. The van der Waals surface area contributed by atoms with Crippen LogP contribution < -0.4 is 10.6 Å². The molecule has 0 saturated heterocycles. The van der Waals surface area contributed by atoms with E-state index >= 15 is 0 Å². The fraction of sp³-hybridized carbons (Fsp3) is 0.500. The van der Waals surface area contributed by atoms with Gasteiger partial charge in [0.25, 0.3) is 0 Å². The highest BCUT2D eigenvalue weighted by Crippen LogP contribution is 2.18. The van der Waals surface area contributed by atoms with Gasteiger partial charge < -0.3 is 10.6 Å². The van der Waals surface area contributed by atoms with Crippen molar-refractivity contribution in [2.24, 2.45) is 4.99 Å². The average Bonchev–Trinajstić information content (AvgIpc) is 3.12. The molecule has 0 atom stereocenters. The Labute approximate surface area is 103 Å². The van der Waals surface area contributed by atoms with E-state index in [1.807, 2.05) is 0 Å². The Hall–Kier alpha value is -1.51. The molecular formula is C14H21N3. The van der Waals surface area contributed by atoms with E-state index in [1.165, 1.54) is 24.0 Å². The van der Waals surface area contributed by atoms with Crippen molar-refractivity contribution in [1.29, 1.82) is 0 Å². The Kier molecular flexibility index (Phi) is 4.02. The second-order valence-electron chi connectivity index (χ2n) is 4.54. The van der Waals surface area contributed by atoms with Crippen LogP contribution in [0, 0.1) is 6.92 Å². The first-order valence-corrected chi connectivity index (χ1v) is 6.39. The van der Waals surface area contributed by atoms with Gasteiger partial charge in [0.15, 0.2) is 5.96 Å². The molecule has 0 bridgehead atoms. The summed E-state index contributed by atoms with van der Waals surface area (Å²) in [6, 6.07) is 9.05. The molecule has 1 saturated carbocycles. The number of aryl methyl sites for hydroxylation is 1. The summed E-state index contributed by atoms with van der Waals surface area (Å²) < 4.78 is 0. The van der Waals surface area contributed by atoms with E-state index in [-0.39, 0.29) is 0 Å². The van der Waals surface area contributed by atoms with Gasteiger partial charge in [0, 0.05) is 12.6 Å². The number of benzene rings is 1. The van der Waals surface area contributed by atoms with Crippen LogP contribution in [0.4, 0.5) is 0 Å². The number of nitrogens with zero attached hydrogens (tertiary/aromatic N) is 1. The molecule has 3 heteroatoms. The van der Waals surface area contributed by atoms with Gasteiger partial charge >= 0.3 is 0 Å². The van der Waals surface area contributed by atoms with E-state index in [1.54, 1.807) is 0 Å². The molecule has 0 aromatic heterocycles. The number of hydrogen-bond donors (Lipinski definition) is 2. The highest BCUT2D eigenvalue weighted by molar-refractivity contribution is 5.80. The summed E-state index contributed by atoms with van der Waals surface area (Å²) in [5.74, 6) is 0.943. The number of aliphatic imine (C=N–C) groups is 1. The fourth-order valence-corrected chi connectivity index (χ4v) is 1.69. The van der Waals surface area contributed by atoms with E-state index in [2.05, 4.69) is 53.7 Å². The summed E-state index contributed by atoms with van der Waals surface area (Å²) in [5, 5.41) is 6.70. The highest BCUT2D eigenvalue weighted by Gasteiger charge is 2.21. The third kappa shape index (κ3) is 3.77. The van der Waals surface area contributed by atoms with Crippen molar-refractivity contribution in [2.45, 2.75) is 39.3 Å². The molecule has 1 fully saturated rings. The van der Waals surface area contributed by atoms with Crippen LogP contribution in [0.2, 0.25) is 0 Å². The van der Waals surface area contributed by atoms with Gasteiger partial charge in [-0.05, 0) is 37.8 Å². The lowest BCUT2D eigenvalue weighted by Crippen LogP contribution is -2.38. The Morgan fingerprint density at radius 1 is 1.35 bits per heavy atom. The molecule has 0 unspecified atom stereocenters. The maximum absolute atomic E-state index is 4.62. The molecule has 2 rings (SSSR count). The third-order valence-corrected chi connectivity index (χ3v) is 2.93. The Bertz CT molecular complexity index is 394. The zero-order valence-electron chi connectivity index (χ0n) is 10.7. The predicted molar refractivity (Wildman–Crippen MR) is 72.2 cm³/mol. The number of rotatable bonds is 4. The molecule has 17 heavy (non-hydrogen) atoms. The molecule has 1 aromatic carbocycles. The van der Waals surface area contributed by atoms with Crippen LogP contribution in [0.1, 0.15) is 30.9 Å². The summed E-state index contributed by atoms with van der Waals surface area (Å²) >= 11 is 0. The fourth-order valence-electron chi connectivity index (χ4n) is 1.69. The summed E-state index contributed by atoms with van der Waals surface area (Å²) in [6.07, 6.45) is 2.55. The van der Waals surface area contributed by atoms with Crippen LogP contribution in [0.25, 0.3) is 0 Å². The van der Waals surface area contributed by atoms with E-state index < -0.39 is 0 Å². The SMILES string of the molecule is CCNC(=NCc1ccccc1C)NC1CC1. The second kappa shape index (κ2) is 5.71. The van der Waals surface area contributed by atoms with Crippen LogP contribution >= 0.6 is 0 Å². The third-order valence-electron chi connectivity index (χ3n) is 2.93. The van der Waals surface area contributed by atoms with E-state index in [9.17, 15) is 0 Å². The highest BCUT2D eigenvalue weighted by atomic mass is 15.2. The topological polar surface area (TPSA) is 36.4 Å². The molecule has 2 N–H and O–H groups in total. The van der Waals surface area contributed by atoms with E-state index in [0.717, 1.165) is 19.0 Å². The Morgan fingerprint density at radius 2 is 2.12 bits per heavy atom. The largest absolute Gasteiger partial charge is 0.357 e. The van der Waals surface area contributed by atoms with Gasteiger partial charge in [-0.15, -0.1) is 0 Å². The van der Waals surface area contributed by atoms with Crippen molar-refractivity contribution in [3.8, 4) is 0 Å². The quantitative estimate of drug-likeness (QED) is 0.616. The number of nitrogens with one attached hydrogen (secondary N) is 2. The van der Waals surface area contributed by atoms with Gasteiger partial charge in [0.2, 0.25) is 0 Å². The van der Waals surface area contributed by atoms with Gasteiger partial charge in [-0.25, -0.2) is 4.99 Å². The van der Waals surface area contributed by atoms with Crippen molar-refractivity contribution in [3.63, 3.8) is 0 Å². The molecular weight excluding hydrogens is 210 g/mol. The number of guanidine groups is 1. The van der Waals surface area contributed by atoms with Crippen LogP contribution in [-0.4, -0.2) is 18.5 Å². The Morgan fingerprint density at radius 3 is 2.76 bits per heavy atom. The minimum atomic E-state index is 0.643. The second-order valence-corrected chi connectivity index (χ2v) is 4.54. The van der Waals surface area contributed by atoms with E-state index in [0.29, 0.717) is 6.04 Å². The number of hydrogen-bond acceptors (Lipinski definition) is 1. The molecule has 0 amide bonds. The van der Waals surface area contributed by atoms with E-state index in [4.69, 9.17) is 0 Å². The van der Waals surface area contributed by atoms with Crippen molar-refractivity contribution < 1.29 is 0 Å². The van der Waals surface area contributed by atoms with Gasteiger partial charge in [0.05, 0.1) is 6.54 Å². The molecule has 0 spiro atoms. The van der Waals surface area contributed by atoms with Crippen LogP contribution in [0.15, 0.2) is 29.3 Å². The average molecular weight is 231 g/mol. The lowest BCUT2D eigenvalue weighted by molar-refractivity contribution is 0.811. The lowest BCUT2D eigenvalue weighted by Gasteiger charge is -2.10. The molecule has 0 radical (unpaired) electrons. The van der Waals surface area contributed by atoms with Gasteiger partial charge in [-0.1, -0.05) is 24.3 Å². The molecule has 0 aliphatic heterocycles. The standard InChI is InChI=1S/C14H21N3/c1-3-15-14(17-13-8-9-13)16-10-12-7-5-4-6-11(12)2/h4-7,13H,3,8-10H2,1-2H3,(H2,15,16,17). The van der Waals surface area contributed by atoms with Crippen LogP contribution in [-0.2, 0) is 6.54 Å². The monoisotopic (exact) mass is 231 g/mol. The summed E-state index contributed by atoms with van der Waals surface area (Å²) in [6.45, 7) is 5.88. The Balaban J connectivity index is 1.97. The first-order chi connectivity index (χ1) is 8.29. The van der Waals surface area contributed by atoms with Gasteiger partial charge in [0.1, 0.15) is 0 Å². The molecule has 0 heterocycles. The summed E-state index contributed by atoms with van der Waals surface area (Å²) in [7, 11) is 0. The minimum Gasteiger partial charge on any atom is -0.357 e. The van der Waals surface area contributed by atoms with Crippen molar-refractivity contribution in [2.75, 3.05) is 6.54 Å². The normalized spacial score (nSPS) is 15.8.